The highest BCUT2D eigenvalue weighted by Crippen LogP contribution is 2.38. The van der Waals surface area contributed by atoms with Crippen LogP contribution in [0.1, 0.15) is 54.5 Å². The molecule has 1 N–H and O–H groups in total. The van der Waals surface area contributed by atoms with Gasteiger partial charge in [0, 0.05) is 31.3 Å². The lowest BCUT2D eigenvalue weighted by atomic mass is 9.91. The molecule has 5 rings (SSSR count). The Hall–Kier alpha value is -3.49. The number of rotatable bonds is 10. The molecular weight excluding hydrogens is 511 g/mol. The number of pyridine rings is 1. The van der Waals surface area contributed by atoms with Crippen LogP contribution in [-0.2, 0) is 28.9 Å². The van der Waals surface area contributed by atoms with Gasteiger partial charge in [-0.1, -0.05) is 37.3 Å². The fraction of sp³-hybridized carbons (Fsp3) is 0.438. The molecule has 1 saturated heterocycles. The maximum absolute atomic E-state index is 15.1. The highest BCUT2D eigenvalue weighted by atomic mass is 19.1. The standard InChI is InChI=1S/C32H37FN2O5/c1-20(32(36)37)13-21-6-7-22-9-11-29(40-30(22)14-21)23-8-10-26(27-16-31(39-3)34-17-28(27)33)24(15-23)18-35-12-4-5-25(35)19-38-2/h6-8,10,14-17,20,25,29H,4-5,9,11-13,18-19H2,1-3H3,(H,36,37)/t20-,25-,29+/m0/s1. The summed E-state index contributed by atoms with van der Waals surface area (Å²) in [4.78, 5) is 17.8. The molecular formula is C32H37FN2O5. The molecule has 1 aromatic heterocycles. The number of fused-ring (bicyclic) bond motifs is 1. The summed E-state index contributed by atoms with van der Waals surface area (Å²) in [6, 6.07) is 14.2. The molecule has 0 radical (unpaired) electrons. The number of ether oxygens (including phenoxy) is 3. The third-order valence-electron chi connectivity index (χ3n) is 8.10. The van der Waals surface area contributed by atoms with Gasteiger partial charge in [0.15, 0.2) is 0 Å². The van der Waals surface area contributed by atoms with Crippen molar-refractivity contribution in [1.29, 1.82) is 0 Å². The summed E-state index contributed by atoms with van der Waals surface area (Å²) in [5.74, 6) is -0.493. The second-order valence-electron chi connectivity index (χ2n) is 10.9. The molecule has 0 bridgehead atoms. The van der Waals surface area contributed by atoms with E-state index in [0.717, 1.165) is 65.8 Å². The summed E-state index contributed by atoms with van der Waals surface area (Å²) < 4.78 is 32.3. The molecule has 1 fully saturated rings. The summed E-state index contributed by atoms with van der Waals surface area (Å²) in [5, 5.41) is 9.32. The lowest BCUT2D eigenvalue weighted by molar-refractivity contribution is -0.141. The number of benzene rings is 2. The Labute approximate surface area is 234 Å². The van der Waals surface area contributed by atoms with Gasteiger partial charge in [0.2, 0.25) is 5.88 Å². The average Bonchev–Trinajstić information content (AvgIpc) is 3.39. The molecule has 0 amide bonds. The van der Waals surface area contributed by atoms with E-state index in [1.165, 1.54) is 13.3 Å². The predicted molar refractivity (Wildman–Crippen MR) is 150 cm³/mol. The fourth-order valence-electron chi connectivity index (χ4n) is 5.86. The van der Waals surface area contributed by atoms with Crippen LogP contribution in [0.25, 0.3) is 11.1 Å². The van der Waals surface area contributed by atoms with Crippen LogP contribution in [0.3, 0.4) is 0 Å². The van der Waals surface area contributed by atoms with Gasteiger partial charge in [0.25, 0.3) is 0 Å². The Morgan fingerprint density at radius 3 is 2.80 bits per heavy atom. The summed E-state index contributed by atoms with van der Waals surface area (Å²) >= 11 is 0. The van der Waals surface area contributed by atoms with Crippen molar-refractivity contribution in [1.82, 2.24) is 9.88 Å². The molecule has 3 aromatic rings. The average molecular weight is 549 g/mol. The van der Waals surface area contributed by atoms with Gasteiger partial charge in [-0.2, -0.15) is 0 Å². The van der Waals surface area contributed by atoms with E-state index < -0.39 is 17.7 Å². The first kappa shape index (κ1) is 28.1. The van der Waals surface area contributed by atoms with Gasteiger partial charge in [-0.25, -0.2) is 9.37 Å². The first-order chi connectivity index (χ1) is 19.4. The SMILES string of the molecule is COC[C@@H]1CCCN1Cc1cc([C@H]2CCc3ccc(C[C@H](C)C(=O)O)cc3O2)ccc1-c1cc(OC)ncc1F. The van der Waals surface area contributed by atoms with Crippen LogP contribution in [-0.4, -0.2) is 54.4 Å². The van der Waals surface area contributed by atoms with Gasteiger partial charge < -0.3 is 19.3 Å². The normalized spacial score (nSPS) is 19.6. The van der Waals surface area contributed by atoms with Crippen molar-refractivity contribution in [2.24, 2.45) is 5.92 Å². The highest BCUT2D eigenvalue weighted by molar-refractivity contribution is 5.70. The van der Waals surface area contributed by atoms with E-state index in [0.29, 0.717) is 37.1 Å². The maximum atomic E-state index is 15.1. The zero-order chi connectivity index (χ0) is 28.2. The number of carbonyl (C=O) groups is 1. The highest BCUT2D eigenvalue weighted by Gasteiger charge is 2.28. The first-order valence-corrected chi connectivity index (χ1v) is 13.9. The minimum absolute atomic E-state index is 0.155. The molecule has 3 atom stereocenters. The zero-order valence-electron chi connectivity index (χ0n) is 23.4. The smallest absolute Gasteiger partial charge is 0.306 e. The predicted octanol–water partition coefficient (Wildman–Crippen LogP) is 5.84. The first-order valence-electron chi connectivity index (χ1n) is 13.9. The number of aliphatic carboxylic acids is 1. The molecule has 2 aliphatic rings. The Morgan fingerprint density at radius 1 is 1.18 bits per heavy atom. The van der Waals surface area contributed by atoms with Gasteiger partial charge >= 0.3 is 5.97 Å². The lowest BCUT2D eigenvalue weighted by Gasteiger charge is -2.29. The van der Waals surface area contributed by atoms with Gasteiger partial charge in [-0.15, -0.1) is 0 Å². The van der Waals surface area contributed by atoms with Crippen LogP contribution in [0.2, 0.25) is 0 Å². The molecule has 2 aromatic carbocycles. The number of aryl methyl sites for hydroxylation is 1. The number of carboxylic acid groups (broad SMARTS) is 1. The number of nitrogens with zero attached hydrogens (tertiary/aromatic N) is 2. The van der Waals surface area contributed by atoms with Crippen molar-refractivity contribution in [3.8, 4) is 22.8 Å². The molecule has 3 heterocycles. The van der Waals surface area contributed by atoms with Gasteiger partial charge in [0.05, 0.1) is 25.8 Å². The third-order valence-corrected chi connectivity index (χ3v) is 8.10. The molecule has 0 saturated carbocycles. The second-order valence-corrected chi connectivity index (χ2v) is 10.9. The number of halogens is 1. The van der Waals surface area contributed by atoms with Crippen molar-refractivity contribution in [3.63, 3.8) is 0 Å². The number of methoxy groups -OCH3 is 2. The molecule has 0 spiro atoms. The number of likely N-dealkylation sites (tertiary alicyclic amines) is 1. The molecule has 7 nitrogen and oxygen atoms in total. The van der Waals surface area contributed by atoms with E-state index in [1.807, 2.05) is 30.3 Å². The monoisotopic (exact) mass is 548 g/mol. The number of aromatic nitrogens is 1. The minimum Gasteiger partial charge on any atom is -0.485 e. The summed E-state index contributed by atoms with van der Waals surface area (Å²) in [5.41, 5.74) is 5.41. The molecule has 8 heteroatoms. The Balaban J connectivity index is 1.47. The van der Waals surface area contributed by atoms with E-state index >= 15 is 4.39 Å². The molecule has 0 aliphatic carbocycles. The Bertz CT molecular complexity index is 1360. The van der Waals surface area contributed by atoms with Crippen molar-refractivity contribution >= 4 is 5.97 Å². The molecule has 2 aliphatic heterocycles. The van der Waals surface area contributed by atoms with E-state index in [2.05, 4.69) is 16.0 Å². The maximum Gasteiger partial charge on any atom is 0.306 e. The quantitative estimate of drug-likeness (QED) is 0.341. The fourth-order valence-corrected chi connectivity index (χ4v) is 5.86. The van der Waals surface area contributed by atoms with Crippen LogP contribution in [0.4, 0.5) is 4.39 Å². The number of hydrogen-bond donors (Lipinski definition) is 1. The van der Waals surface area contributed by atoms with Crippen LogP contribution in [0.5, 0.6) is 11.6 Å². The molecule has 212 valence electrons. The van der Waals surface area contributed by atoms with Gasteiger partial charge in [-0.3, -0.25) is 9.69 Å². The van der Waals surface area contributed by atoms with Crippen LogP contribution < -0.4 is 9.47 Å². The van der Waals surface area contributed by atoms with Crippen LogP contribution in [0, 0.1) is 11.7 Å². The molecule has 0 unspecified atom stereocenters. The van der Waals surface area contributed by atoms with Gasteiger partial charge in [0.1, 0.15) is 17.7 Å². The lowest BCUT2D eigenvalue weighted by Crippen LogP contribution is -2.32. The van der Waals surface area contributed by atoms with Crippen molar-refractivity contribution < 1.29 is 28.5 Å². The number of carboxylic acids is 1. The van der Waals surface area contributed by atoms with Crippen molar-refractivity contribution in [2.45, 2.75) is 57.7 Å². The topological polar surface area (TPSA) is 81.1 Å². The van der Waals surface area contributed by atoms with Crippen LogP contribution >= 0.6 is 0 Å². The van der Waals surface area contributed by atoms with Crippen LogP contribution in [0.15, 0.2) is 48.7 Å². The second kappa shape index (κ2) is 12.4. The Morgan fingerprint density at radius 2 is 2.02 bits per heavy atom. The third kappa shape index (κ3) is 6.13. The Kier molecular flexibility index (Phi) is 8.66. The summed E-state index contributed by atoms with van der Waals surface area (Å²) in [6.07, 6.45) is 5.37. The van der Waals surface area contributed by atoms with E-state index in [-0.39, 0.29) is 6.10 Å². The summed E-state index contributed by atoms with van der Waals surface area (Å²) in [6.45, 7) is 4.01. The van der Waals surface area contributed by atoms with E-state index in [9.17, 15) is 9.90 Å². The van der Waals surface area contributed by atoms with Gasteiger partial charge in [-0.05, 0) is 72.5 Å². The van der Waals surface area contributed by atoms with Crippen molar-refractivity contribution in [3.05, 3.63) is 76.7 Å². The van der Waals surface area contributed by atoms with E-state index in [1.54, 1.807) is 20.1 Å². The zero-order valence-corrected chi connectivity index (χ0v) is 23.4. The van der Waals surface area contributed by atoms with Crippen molar-refractivity contribution in [2.75, 3.05) is 27.4 Å². The minimum atomic E-state index is -0.807. The number of hydrogen-bond acceptors (Lipinski definition) is 6. The molecule has 40 heavy (non-hydrogen) atoms. The van der Waals surface area contributed by atoms with E-state index in [4.69, 9.17) is 14.2 Å². The summed E-state index contributed by atoms with van der Waals surface area (Å²) in [7, 11) is 3.26. The largest absolute Gasteiger partial charge is 0.485 e.